The average molecular weight is 463 g/mol. The second-order valence-corrected chi connectivity index (χ2v) is 10.3. The molecule has 1 heterocycles. The first-order valence-corrected chi connectivity index (χ1v) is 11.8. The van der Waals surface area contributed by atoms with Crippen molar-refractivity contribution in [3.05, 3.63) is 52.0 Å². The third-order valence-electron chi connectivity index (χ3n) is 5.68. The van der Waals surface area contributed by atoms with Gasteiger partial charge >= 0.3 is 0 Å². The van der Waals surface area contributed by atoms with Crippen molar-refractivity contribution in [1.29, 1.82) is 0 Å². The zero-order chi connectivity index (χ0) is 20.1. The van der Waals surface area contributed by atoms with Crippen LogP contribution in [-0.4, -0.2) is 20.4 Å². The zero-order valence-corrected chi connectivity index (χ0v) is 18.3. The van der Waals surface area contributed by atoms with Crippen LogP contribution >= 0.6 is 15.9 Å². The highest BCUT2D eigenvalue weighted by Gasteiger charge is 2.37. The summed E-state index contributed by atoms with van der Waals surface area (Å²) in [6, 6.07) is 10.5. The Morgan fingerprint density at radius 1 is 1.18 bits per heavy atom. The molecule has 7 heteroatoms. The van der Waals surface area contributed by atoms with Gasteiger partial charge in [-0.1, -0.05) is 22.4 Å². The molecule has 1 amide bonds. The molecule has 0 saturated heterocycles. The number of rotatable bonds is 4. The average Bonchev–Trinajstić information content (AvgIpc) is 2.91. The number of hydrogen-bond donors (Lipinski definition) is 1. The first-order chi connectivity index (χ1) is 13.3. The van der Waals surface area contributed by atoms with Crippen LogP contribution in [0, 0.1) is 12.8 Å². The maximum Gasteiger partial charge on any atom is 0.261 e. The Hall–Kier alpha value is -1.86. The highest BCUT2D eigenvalue weighted by Crippen LogP contribution is 2.38. The van der Waals surface area contributed by atoms with Gasteiger partial charge in [0.05, 0.1) is 4.90 Å². The van der Waals surface area contributed by atoms with Crippen molar-refractivity contribution in [2.45, 2.75) is 50.5 Å². The number of aryl methyl sites for hydroxylation is 1. The molecule has 2 aromatic carbocycles. The predicted octanol–water partition coefficient (Wildman–Crippen LogP) is 4.64. The van der Waals surface area contributed by atoms with E-state index >= 15 is 0 Å². The summed E-state index contributed by atoms with van der Waals surface area (Å²) in [5.41, 5.74) is 3.24. The van der Waals surface area contributed by atoms with Crippen LogP contribution in [0.3, 0.4) is 0 Å². The number of hydrogen-bond acceptors (Lipinski definition) is 3. The zero-order valence-electron chi connectivity index (χ0n) is 15.9. The Bertz CT molecular complexity index is 1050. The summed E-state index contributed by atoms with van der Waals surface area (Å²) < 4.78 is 29.3. The maximum absolute atomic E-state index is 12.9. The fourth-order valence-corrected chi connectivity index (χ4v) is 5.23. The maximum atomic E-state index is 12.9. The van der Waals surface area contributed by atoms with Crippen molar-refractivity contribution in [3.63, 3.8) is 0 Å². The molecule has 0 spiro atoms. The summed E-state index contributed by atoms with van der Waals surface area (Å²) in [7, 11) is -3.70. The third kappa shape index (κ3) is 3.46. The van der Waals surface area contributed by atoms with Gasteiger partial charge in [-0.3, -0.25) is 9.52 Å². The topological polar surface area (TPSA) is 66.5 Å². The molecule has 2 aromatic rings. The molecule has 0 unspecified atom stereocenters. The van der Waals surface area contributed by atoms with Crippen molar-refractivity contribution < 1.29 is 13.2 Å². The summed E-state index contributed by atoms with van der Waals surface area (Å²) in [6.07, 6.45) is 3.71. The van der Waals surface area contributed by atoms with Gasteiger partial charge < -0.3 is 4.90 Å². The molecular weight excluding hydrogens is 440 g/mol. The van der Waals surface area contributed by atoms with Gasteiger partial charge in [-0.05, 0) is 80.6 Å². The van der Waals surface area contributed by atoms with Gasteiger partial charge in [0.1, 0.15) is 0 Å². The molecule has 2 aliphatic rings. The fraction of sp³-hybridized carbons (Fsp3) is 0.381. The number of carbonyl (C=O) groups is 1. The number of halogens is 1. The lowest BCUT2D eigenvalue weighted by molar-refractivity contribution is -0.125. The second-order valence-electron chi connectivity index (χ2n) is 7.75. The number of amides is 1. The van der Waals surface area contributed by atoms with E-state index < -0.39 is 10.0 Å². The molecule has 1 aliphatic carbocycles. The molecule has 1 N–H and O–H groups in total. The van der Waals surface area contributed by atoms with Gasteiger partial charge in [0.15, 0.2) is 0 Å². The lowest BCUT2D eigenvalue weighted by Gasteiger charge is -2.32. The quantitative estimate of drug-likeness (QED) is 0.719. The number of anilines is 2. The molecule has 0 radical (unpaired) electrons. The minimum Gasteiger partial charge on any atom is -0.309 e. The Kier molecular flexibility index (Phi) is 5.00. The van der Waals surface area contributed by atoms with Gasteiger partial charge in [0.2, 0.25) is 5.91 Å². The standard InChI is InChI=1S/C21H23BrN2O3S/c1-13-10-17(6-8-19(13)22)23-28(26,27)18-7-9-20-16(12-18)11-14(2)24(20)21(25)15-4-3-5-15/h6-10,12,14-15,23H,3-5,11H2,1-2H3/t14-/m1/s1. The first kappa shape index (κ1) is 19.5. The first-order valence-electron chi connectivity index (χ1n) is 9.51. The molecule has 4 rings (SSSR count). The summed E-state index contributed by atoms with van der Waals surface area (Å²) in [6.45, 7) is 3.93. The van der Waals surface area contributed by atoms with Crippen LogP contribution in [0.2, 0.25) is 0 Å². The van der Waals surface area contributed by atoms with E-state index in [1.54, 1.807) is 30.3 Å². The molecule has 1 atom stereocenters. The van der Waals surface area contributed by atoms with Crippen molar-refractivity contribution in [1.82, 2.24) is 0 Å². The van der Waals surface area contributed by atoms with E-state index in [4.69, 9.17) is 0 Å². The molecule has 1 aliphatic heterocycles. The second kappa shape index (κ2) is 7.19. The number of nitrogens with zero attached hydrogens (tertiary/aromatic N) is 1. The van der Waals surface area contributed by atoms with Gasteiger partial charge in [0.25, 0.3) is 10.0 Å². The number of benzene rings is 2. The van der Waals surface area contributed by atoms with E-state index in [9.17, 15) is 13.2 Å². The van der Waals surface area contributed by atoms with E-state index in [-0.39, 0.29) is 22.8 Å². The summed E-state index contributed by atoms with van der Waals surface area (Å²) >= 11 is 3.42. The number of nitrogens with one attached hydrogen (secondary N) is 1. The van der Waals surface area contributed by atoms with Crippen LogP contribution < -0.4 is 9.62 Å². The highest BCUT2D eigenvalue weighted by atomic mass is 79.9. The Morgan fingerprint density at radius 3 is 2.57 bits per heavy atom. The monoisotopic (exact) mass is 462 g/mol. The SMILES string of the molecule is Cc1cc(NS(=O)(=O)c2ccc3c(c2)C[C@@H](C)N3C(=O)C2CCC2)ccc1Br. The molecule has 1 fully saturated rings. The van der Waals surface area contributed by atoms with Crippen molar-refractivity contribution in [2.75, 3.05) is 9.62 Å². The van der Waals surface area contributed by atoms with Crippen LogP contribution in [0.15, 0.2) is 45.8 Å². The molecule has 5 nitrogen and oxygen atoms in total. The molecule has 0 bridgehead atoms. The summed E-state index contributed by atoms with van der Waals surface area (Å²) in [5.74, 6) is 0.302. The molecule has 148 valence electrons. The fourth-order valence-electron chi connectivity index (χ4n) is 3.88. The molecule has 28 heavy (non-hydrogen) atoms. The Labute approximate surface area is 174 Å². The van der Waals surface area contributed by atoms with Crippen LogP contribution in [-0.2, 0) is 21.2 Å². The van der Waals surface area contributed by atoms with Crippen LogP contribution in [0.25, 0.3) is 0 Å². The molecular formula is C21H23BrN2O3S. The van der Waals surface area contributed by atoms with Crippen molar-refractivity contribution in [3.8, 4) is 0 Å². The number of sulfonamides is 1. The van der Waals surface area contributed by atoms with E-state index in [1.807, 2.05) is 24.8 Å². The van der Waals surface area contributed by atoms with Crippen molar-refractivity contribution in [2.24, 2.45) is 5.92 Å². The molecule has 0 aromatic heterocycles. The Balaban J connectivity index is 1.61. The van der Waals surface area contributed by atoms with Gasteiger partial charge in [-0.2, -0.15) is 0 Å². The summed E-state index contributed by atoms with van der Waals surface area (Å²) in [5, 5.41) is 0. The minimum absolute atomic E-state index is 0.0585. The minimum atomic E-state index is -3.70. The van der Waals surface area contributed by atoms with Crippen LogP contribution in [0.4, 0.5) is 11.4 Å². The third-order valence-corrected chi connectivity index (χ3v) is 7.95. The summed E-state index contributed by atoms with van der Waals surface area (Å²) in [4.78, 5) is 14.9. The normalized spacial score (nSPS) is 19.2. The van der Waals surface area contributed by atoms with E-state index in [0.717, 1.165) is 40.5 Å². The number of carbonyl (C=O) groups excluding carboxylic acids is 1. The number of fused-ring (bicyclic) bond motifs is 1. The van der Waals surface area contributed by atoms with E-state index in [0.29, 0.717) is 12.1 Å². The van der Waals surface area contributed by atoms with Gasteiger partial charge in [-0.25, -0.2) is 8.42 Å². The molecule has 1 saturated carbocycles. The highest BCUT2D eigenvalue weighted by molar-refractivity contribution is 9.10. The largest absolute Gasteiger partial charge is 0.309 e. The van der Waals surface area contributed by atoms with Crippen LogP contribution in [0.1, 0.15) is 37.3 Å². The lowest BCUT2D eigenvalue weighted by Crippen LogP contribution is -2.42. The van der Waals surface area contributed by atoms with E-state index in [2.05, 4.69) is 20.7 Å². The lowest BCUT2D eigenvalue weighted by atomic mass is 9.84. The predicted molar refractivity (Wildman–Crippen MR) is 114 cm³/mol. The van der Waals surface area contributed by atoms with Crippen molar-refractivity contribution >= 4 is 43.2 Å². The smallest absolute Gasteiger partial charge is 0.261 e. The van der Waals surface area contributed by atoms with Crippen LogP contribution in [0.5, 0.6) is 0 Å². The Morgan fingerprint density at radius 2 is 1.93 bits per heavy atom. The van der Waals surface area contributed by atoms with Gasteiger partial charge in [0, 0.05) is 27.8 Å². The van der Waals surface area contributed by atoms with E-state index in [1.165, 1.54) is 0 Å². The van der Waals surface area contributed by atoms with Gasteiger partial charge in [-0.15, -0.1) is 0 Å².